The van der Waals surface area contributed by atoms with E-state index in [1.165, 1.54) is 25.7 Å². The van der Waals surface area contributed by atoms with Crippen LogP contribution in [0.25, 0.3) is 0 Å². The number of piperidine rings is 1. The Balaban J connectivity index is 1.56. The third-order valence-corrected chi connectivity index (χ3v) is 5.39. The summed E-state index contributed by atoms with van der Waals surface area (Å²) in [6.45, 7) is 1.83. The van der Waals surface area contributed by atoms with Crippen molar-refractivity contribution in [2.45, 2.75) is 63.8 Å². The average molecular weight is 280 g/mol. The number of nitrogens with zero attached hydrogens (tertiary/aromatic N) is 1. The number of hydrogen-bond donors (Lipinski definition) is 2. The number of carbonyl (C=O) groups excluding carboxylic acids is 1. The molecule has 0 bridgehead atoms. The number of rotatable bonds is 4. The molecule has 0 aromatic heterocycles. The molecule has 3 rings (SSSR count). The smallest absolute Gasteiger partial charge is 0.317 e. The molecule has 114 valence electrons. The number of hydrogen-bond acceptors (Lipinski definition) is 2. The normalized spacial score (nSPS) is 31.6. The molecule has 2 N–H and O–H groups in total. The molecule has 20 heavy (non-hydrogen) atoms. The molecule has 2 saturated carbocycles. The Morgan fingerprint density at radius 2 is 1.95 bits per heavy atom. The SMILES string of the molecule is O=C(NC1CCCC1)N1CCC[C@@](CO)(CC2CC2)C1. The van der Waals surface area contributed by atoms with Crippen LogP contribution in [-0.2, 0) is 0 Å². The Hall–Kier alpha value is -0.770. The average Bonchev–Trinajstić information content (AvgIpc) is 3.12. The molecular weight excluding hydrogens is 252 g/mol. The van der Waals surface area contributed by atoms with E-state index in [-0.39, 0.29) is 18.1 Å². The zero-order valence-electron chi connectivity index (χ0n) is 12.4. The first-order chi connectivity index (χ1) is 9.71. The van der Waals surface area contributed by atoms with Crippen LogP contribution in [0.3, 0.4) is 0 Å². The first-order valence-corrected chi connectivity index (χ1v) is 8.37. The van der Waals surface area contributed by atoms with Crippen molar-refractivity contribution >= 4 is 6.03 Å². The molecule has 1 aliphatic heterocycles. The van der Waals surface area contributed by atoms with Crippen molar-refractivity contribution in [2.75, 3.05) is 19.7 Å². The predicted molar refractivity (Wildman–Crippen MR) is 78.5 cm³/mol. The molecule has 1 saturated heterocycles. The highest BCUT2D eigenvalue weighted by Gasteiger charge is 2.41. The fraction of sp³-hybridized carbons (Fsp3) is 0.938. The highest BCUT2D eigenvalue weighted by molar-refractivity contribution is 5.74. The van der Waals surface area contributed by atoms with Crippen LogP contribution in [0.1, 0.15) is 57.8 Å². The Morgan fingerprint density at radius 1 is 1.20 bits per heavy atom. The molecule has 1 atom stereocenters. The van der Waals surface area contributed by atoms with Crippen molar-refractivity contribution in [2.24, 2.45) is 11.3 Å². The summed E-state index contributed by atoms with van der Waals surface area (Å²) in [5, 5.41) is 13.0. The summed E-state index contributed by atoms with van der Waals surface area (Å²) in [5.74, 6) is 0.806. The number of urea groups is 1. The maximum absolute atomic E-state index is 12.4. The van der Waals surface area contributed by atoms with Gasteiger partial charge in [-0.05, 0) is 38.0 Å². The highest BCUT2D eigenvalue weighted by atomic mass is 16.3. The number of nitrogens with one attached hydrogen (secondary N) is 1. The number of amides is 2. The summed E-state index contributed by atoms with van der Waals surface area (Å²) in [6.07, 6.45) is 10.6. The quantitative estimate of drug-likeness (QED) is 0.831. The van der Waals surface area contributed by atoms with Gasteiger partial charge in [0, 0.05) is 24.5 Å². The van der Waals surface area contributed by atoms with E-state index in [4.69, 9.17) is 0 Å². The number of carbonyl (C=O) groups is 1. The molecule has 0 unspecified atom stereocenters. The summed E-state index contributed by atoms with van der Waals surface area (Å²) in [7, 11) is 0. The van der Waals surface area contributed by atoms with Crippen molar-refractivity contribution in [3.8, 4) is 0 Å². The molecule has 0 aromatic carbocycles. The molecule has 3 aliphatic rings. The molecule has 0 aromatic rings. The lowest BCUT2D eigenvalue weighted by molar-refractivity contribution is 0.0353. The molecule has 2 amide bonds. The molecule has 1 heterocycles. The van der Waals surface area contributed by atoms with Crippen molar-refractivity contribution in [3.05, 3.63) is 0 Å². The summed E-state index contributed by atoms with van der Waals surface area (Å²) in [5.41, 5.74) is -0.0214. The maximum Gasteiger partial charge on any atom is 0.317 e. The van der Waals surface area contributed by atoms with Crippen molar-refractivity contribution in [3.63, 3.8) is 0 Å². The minimum atomic E-state index is -0.0214. The molecule has 3 fully saturated rings. The van der Waals surface area contributed by atoms with E-state index in [0.717, 1.165) is 51.1 Å². The van der Waals surface area contributed by atoms with Gasteiger partial charge in [-0.2, -0.15) is 0 Å². The van der Waals surface area contributed by atoms with Crippen LogP contribution < -0.4 is 5.32 Å². The first-order valence-electron chi connectivity index (χ1n) is 8.37. The summed E-state index contributed by atoms with van der Waals surface area (Å²) >= 11 is 0. The van der Waals surface area contributed by atoms with Gasteiger partial charge >= 0.3 is 6.03 Å². The largest absolute Gasteiger partial charge is 0.396 e. The van der Waals surface area contributed by atoms with Gasteiger partial charge in [-0.3, -0.25) is 0 Å². The fourth-order valence-electron chi connectivity index (χ4n) is 4.01. The van der Waals surface area contributed by atoms with E-state index in [1.54, 1.807) is 0 Å². The minimum absolute atomic E-state index is 0.0214. The van der Waals surface area contributed by atoms with Crippen molar-refractivity contribution in [1.29, 1.82) is 0 Å². The van der Waals surface area contributed by atoms with Gasteiger partial charge in [0.25, 0.3) is 0 Å². The highest BCUT2D eigenvalue weighted by Crippen LogP contribution is 2.44. The van der Waals surface area contributed by atoms with Crippen molar-refractivity contribution in [1.82, 2.24) is 10.2 Å². The van der Waals surface area contributed by atoms with Crippen LogP contribution in [0, 0.1) is 11.3 Å². The van der Waals surface area contributed by atoms with E-state index >= 15 is 0 Å². The topological polar surface area (TPSA) is 52.6 Å². The second-order valence-electron chi connectivity index (χ2n) is 7.26. The Bertz CT molecular complexity index is 350. The van der Waals surface area contributed by atoms with Gasteiger partial charge in [-0.25, -0.2) is 4.79 Å². The van der Waals surface area contributed by atoms with Crippen LogP contribution in [0.4, 0.5) is 4.79 Å². The Labute approximate surface area is 121 Å². The monoisotopic (exact) mass is 280 g/mol. The van der Waals surface area contributed by atoms with Gasteiger partial charge < -0.3 is 15.3 Å². The molecule has 2 aliphatic carbocycles. The van der Waals surface area contributed by atoms with E-state index in [2.05, 4.69) is 5.32 Å². The predicted octanol–water partition coefficient (Wildman–Crippen LogP) is 2.51. The van der Waals surface area contributed by atoms with Gasteiger partial charge in [0.05, 0.1) is 6.61 Å². The second kappa shape index (κ2) is 5.92. The summed E-state index contributed by atoms with van der Waals surface area (Å²) in [6, 6.07) is 0.488. The number of aliphatic hydroxyl groups excluding tert-OH is 1. The lowest BCUT2D eigenvalue weighted by atomic mass is 9.76. The molecule has 0 radical (unpaired) electrons. The summed E-state index contributed by atoms with van der Waals surface area (Å²) < 4.78 is 0. The van der Waals surface area contributed by atoms with Gasteiger partial charge in [0.2, 0.25) is 0 Å². The summed E-state index contributed by atoms with van der Waals surface area (Å²) in [4.78, 5) is 14.4. The number of likely N-dealkylation sites (tertiary alicyclic amines) is 1. The second-order valence-corrected chi connectivity index (χ2v) is 7.26. The fourth-order valence-corrected chi connectivity index (χ4v) is 4.01. The van der Waals surface area contributed by atoms with E-state index in [9.17, 15) is 9.90 Å². The molecule has 0 spiro atoms. The van der Waals surface area contributed by atoms with Gasteiger partial charge in [-0.1, -0.05) is 25.7 Å². The zero-order chi connectivity index (χ0) is 14.0. The molecule has 4 heteroatoms. The van der Waals surface area contributed by atoms with Crippen LogP contribution in [0.15, 0.2) is 0 Å². The van der Waals surface area contributed by atoms with E-state index < -0.39 is 0 Å². The van der Waals surface area contributed by atoms with Crippen LogP contribution in [-0.4, -0.2) is 41.8 Å². The lowest BCUT2D eigenvalue weighted by Gasteiger charge is -2.42. The van der Waals surface area contributed by atoms with Gasteiger partial charge in [0.15, 0.2) is 0 Å². The first kappa shape index (κ1) is 14.2. The lowest BCUT2D eigenvalue weighted by Crippen LogP contribution is -2.52. The zero-order valence-corrected chi connectivity index (χ0v) is 12.4. The third-order valence-electron chi connectivity index (χ3n) is 5.39. The van der Waals surface area contributed by atoms with E-state index in [1.807, 2.05) is 4.90 Å². The Kier molecular flexibility index (Phi) is 4.20. The Morgan fingerprint density at radius 3 is 2.60 bits per heavy atom. The standard InChI is InChI=1S/C16H28N2O2/c19-12-16(10-13-6-7-13)8-3-9-18(11-16)15(20)17-14-4-1-2-5-14/h13-14,19H,1-12H2,(H,17,20)/t16-/m1/s1. The molecular formula is C16H28N2O2. The van der Waals surface area contributed by atoms with Gasteiger partial charge in [-0.15, -0.1) is 0 Å². The van der Waals surface area contributed by atoms with E-state index in [0.29, 0.717) is 6.04 Å². The maximum atomic E-state index is 12.4. The third kappa shape index (κ3) is 3.27. The molecule has 4 nitrogen and oxygen atoms in total. The van der Waals surface area contributed by atoms with Crippen LogP contribution >= 0.6 is 0 Å². The minimum Gasteiger partial charge on any atom is -0.396 e. The van der Waals surface area contributed by atoms with Gasteiger partial charge in [0.1, 0.15) is 0 Å². The number of aliphatic hydroxyl groups is 1. The van der Waals surface area contributed by atoms with Crippen LogP contribution in [0.5, 0.6) is 0 Å². The van der Waals surface area contributed by atoms with Crippen LogP contribution in [0.2, 0.25) is 0 Å². The van der Waals surface area contributed by atoms with Crippen molar-refractivity contribution < 1.29 is 9.90 Å².